The third kappa shape index (κ3) is 6.14. The topological polar surface area (TPSA) is 0 Å². The summed E-state index contributed by atoms with van der Waals surface area (Å²) >= 11 is -2.60. The molecule has 3 aromatic carbocycles. The van der Waals surface area contributed by atoms with Crippen LogP contribution in [0.25, 0.3) is 22.3 Å². The van der Waals surface area contributed by atoms with Crippen molar-refractivity contribution < 1.29 is 46.1 Å². The van der Waals surface area contributed by atoms with Crippen LogP contribution in [0.2, 0.25) is 0 Å². The van der Waals surface area contributed by atoms with Gasteiger partial charge in [0.2, 0.25) is 0 Å². The van der Waals surface area contributed by atoms with Gasteiger partial charge in [-0.25, -0.2) is 0 Å². The molecular formula is C47H56Cl2Zr. The maximum absolute atomic E-state index is 2.79. The van der Waals surface area contributed by atoms with Crippen molar-refractivity contribution in [2.24, 2.45) is 11.3 Å². The van der Waals surface area contributed by atoms with Crippen LogP contribution in [0.4, 0.5) is 0 Å². The summed E-state index contributed by atoms with van der Waals surface area (Å²) in [4.78, 5) is 0. The first kappa shape index (κ1) is 39.2. The van der Waals surface area contributed by atoms with E-state index >= 15 is 0 Å². The van der Waals surface area contributed by atoms with Crippen molar-refractivity contribution in [3.63, 3.8) is 0 Å². The van der Waals surface area contributed by atoms with E-state index in [9.17, 15) is 0 Å². The standard InChI is InChI=1S/C25H25.C11H17.C11H14.2ClH.Zr/c1-14-12-24(3,4)22-8-16-7-17-9-23-19(15(2)13-25(23,5)6)11-21(17)20(16)10-18(14)22;1-8-6-9(2)10(7-8)11(3,4)5;1-9-5-7-10(8-6-9)11(2,3)4;;;/h8-12H,7H2,1-6H3;7-8H,1-5H3;1,5-8H,2-4H3;2*1H;/q;;;;;+2/p-2. The van der Waals surface area contributed by atoms with Crippen molar-refractivity contribution in [2.75, 3.05) is 0 Å². The van der Waals surface area contributed by atoms with Crippen LogP contribution in [-0.2, 0) is 43.9 Å². The second kappa shape index (κ2) is 12.8. The fourth-order valence-corrected chi connectivity index (χ4v) is 18.4. The molecule has 1 atom stereocenters. The minimum absolute atomic E-state index is 0. The second-order valence-corrected chi connectivity index (χ2v) is 23.8. The fraction of sp³-hybridized carbons (Fsp3) is 0.426. The summed E-state index contributed by atoms with van der Waals surface area (Å²) in [5.74, 6) is 0.484. The van der Waals surface area contributed by atoms with Crippen LogP contribution in [-0.4, -0.2) is 3.71 Å². The molecular weight excluding hydrogens is 727 g/mol. The van der Waals surface area contributed by atoms with E-state index in [0.29, 0.717) is 5.92 Å². The van der Waals surface area contributed by atoms with Gasteiger partial charge in [0, 0.05) is 0 Å². The first-order valence-corrected chi connectivity index (χ1v) is 22.1. The van der Waals surface area contributed by atoms with Gasteiger partial charge in [-0.05, 0) is 0 Å². The van der Waals surface area contributed by atoms with E-state index in [1.54, 1.807) is 28.8 Å². The van der Waals surface area contributed by atoms with Crippen LogP contribution < -0.4 is 24.8 Å². The molecule has 1 unspecified atom stereocenters. The molecule has 7 rings (SSSR count). The number of halogens is 2. The Kier molecular flexibility index (Phi) is 10.0. The van der Waals surface area contributed by atoms with Gasteiger partial charge < -0.3 is 24.8 Å². The van der Waals surface area contributed by atoms with Gasteiger partial charge in [-0.3, -0.25) is 0 Å². The SMILES string of the molecule is CC1=CC(C)(C)c2cc3c(cc21)-c1cc2c(cc1C3)C(C)(C)[C]([Zr+2](=[CH]c1ccc(C(C)(C)C)cc1)[C]1=C(C)C(C(C)(C)C)=CC1C)=C2C.[Cl-].[Cl-]. The summed E-state index contributed by atoms with van der Waals surface area (Å²) in [7, 11) is 0. The van der Waals surface area contributed by atoms with Gasteiger partial charge in [0.05, 0.1) is 0 Å². The summed E-state index contributed by atoms with van der Waals surface area (Å²) in [5.41, 5.74) is 21.3. The smallest absolute Gasteiger partial charge is 1.00 e. The molecule has 0 aliphatic heterocycles. The van der Waals surface area contributed by atoms with Crippen molar-refractivity contribution in [1.29, 1.82) is 0 Å². The van der Waals surface area contributed by atoms with Crippen LogP contribution >= 0.6 is 0 Å². The van der Waals surface area contributed by atoms with E-state index in [0.717, 1.165) is 6.42 Å². The molecule has 0 saturated carbocycles. The zero-order chi connectivity index (χ0) is 34.9. The van der Waals surface area contributed by atoms with Gasteiger partial charge in [-0.15, -0.1) is 0 Å². The molecule has 4 aliphatic rings. The molecule has 0 fully saturated rings. The Bertz CT molecular complexity index is 2080. The Morgan fingerprint density at radius 1 is 0.700 bits per heavy atom. The summed E-state index contributed by atoms with van der Waals surface area (Å²) in [6, 6.07) is 19.8. The van der Waals surface area contributed by atoms with Gasteiger partial charge in [-0.1, -0.05) is 0 Å². The number of fused-ring (bicyclic) bond motifs is 5. The summed E-state index contributed by atoms with van der Waals surface area (Å²) in [6.45, 7) is 33.6. The summed E-state index contributed by atoms with van der Waals surface area (Å²) in [5, 5.41) is 0. The van der Waals surface area contributed by atoms with Crippen LogP contribution in [0.5, 0.6) is 0 Å². The van der Waals surface area contributed by atoms with Crippen LogP contribution in [0.15, 0.2) is 78.4 Å². The van der Waals surface area contributed by atoms with Crippen LogP contribution in [0.1, 0.15) is 141 Å². The van der Waals surface area contributed by atoms with Gasteiger partial charge in [0.15, 0.2) is 0 Å². The van der Waals surface area contributed by atoms with Crippen molar-refractivity contribution in [3.05, 3.63) is 123 Å². The predicted molar refractivity (Wildman–Crippen MR) is 207 cm³/mol. The first-order valence-electron chi connectivity index (χ1n) is 18.2. The van der Waals surface area contributed by atoms with Crippen LogP contribution in [0.3, 0.4) is 0 Å². The zero-order valence-electron chi connectivity index (χ0n) is 32.9. The third-order valence-electron chi connectivity index (χ3n) is 12.1. The molecule has 3 aromatic rings. The monoisotopic (exact) mass is 780 g/mol. The van der Waals surface area contributed by atoms with E-state index in [1.165, 1.54) is 55.6 Å². The molecule has 0 heterocycles. The van der Waals surface area contributed by atoms with Crippen molar-refractivity contribution in [2.45, 2.75) is 120 Å². The molecule has 0 bridgehead atoms. The van der Waals surface area contributed by atoms with E-state index < -0.39 is 21.3 Å². The third-order valence-corrected chi connectivity index (χ3v) is 20.8. The van der Waals surface area contributed by atoms with Crippen molar-refractivity contribution in [1.82, 2.24) is 0 Å². The quantitative estimate of drug-likeness (QED) is 0.219. The number of hydrogen-bond donors (Lipinski definition) is 0. The zero-order valence-corrected chi connectivity index (χ0v) is 36.9. The molecule has 4 aliphatic carbocycles. The van der Waals surface area contributed by atoms with Gasteiger partial charge >= 0.3 is 301 Å². The summed E-state index contributed by atoms with van der Waals surface area (Å²) < 4.78 is 6.33. The van der Waals surface area contributed by atoms with E-state index in [-0.39, 0.29) is 46.5 Å². The largest absolute Gasteiger partial charge is 1.00 e. The molecule has 50 heavy (non-hydrogen) atoms. The minimum atomic E-state index is -2.60. The molecule has 0 N–H and O–H groups in total. The van der Waals surface area contributed by atoms with Crippen LogP contribution in [0, 0.1) is 11.3 Å². The average molecular weight is 783 g/mol. The molecule has 0 radical (unpaired) electrons. The molecule has 0 spiro atoms. The minimum Gasteiger partial charge on any atom is -1.00 e. The molecule has 0 aromatic heterocycles. The first-order chi connectivity index (χ1) is 22.2. The van der Waals surface area contributed by atoms with Gasteiger partial charge in [-0.2, -0.15) is 0 Å². The Morgan fingerprint density at radius 2 is 1.26 bits per heavy atom. The molecule has 262 valence electrons. The molecule has 3 heteroatoms. The second-order valence-electron chi connectivity index (χ2n) is 18.5. The number of allylic oxidation sites excluding steroid dienone is 8. The number of hydrogen-bond acceptors (Lipinski definition) is 0. The predicted octanol–water partition coefficient (Wildman–Crippen LogP) is 6.64. The van der Waals surface area contributed by atoms with Crippen molar-refractivity contribution in [3.8, 4) is 11.1 Å². The Morgan fingerprint density at radius 3 is 1.80 bits per heavy atom. The van der Waals surface area contributed by atoms with E-state index in [2.05, 4.69) is 161 Å². The Hall–Kier alpha value is -2.05. The maximum Gasteiger partial charge on any atom is -1.00 e. The van der Waals surface area contributed by atoms with E-state index in [1.807, 2.05) is 0 Å². The van der Waals surface area contributed by atoms with Crippen molar-refractivity contribution >= 4 is 14.9 Å². The normalized spacial score (nSPS) is 19.8. The number of rotatable bonds is 3. The summed E-state index contributed by atoms with van der Waals surface area (Å²) in [6.07, 6.45) is 6.11. The van der Waals surface area contributed by atoms with Gasteiger partial charge in [0.25, 0.3) is 0 Å². The molecule has 0 amide bonds. The average Bonchev–Trinajstić information content (AvgIpc) is 3.62. The molecule has 0 saturated heterocycles. The Labute approximate surface area is 323 Å². The van der Waals surface area contributed by atoms with Gasteiger partial charge in [0.1, 0.15) is 0 Å². The fourth-order valence-electron chi connectivity index (χ4n) is 9.68. The maximum atomic E-state index is 2.79. The van der Waals surface area contributed by atoms with E-state index in [4.69, 9.17) is 0 Å². The number of benzene rings is 3. The molecule has 0 nitrogen and oxygen atoms in total. The Balaban J connectivity index is 0.00000243.